The number of benzene rings is 1. The minimum absolute atomic E-state index is 0.00218. The van der Waals surface area contributed by atoms with Gasteiger partial charge in [-0.25, -0.2) is 9.59 Å². The summed E-state index contributed by atoms with van der Waals surface area (Å²) >= 11 is 0. The second-order valence-corrected chi connectivity index (χ2v) is 4.66. The molecular formula is C16H16N2O5. The van der Waals surface area contributed by atoms with Crippen molar-refractivity contribution >= 4 is 17.6 Å². The van der Waals surface area contributed by atoms with E-state index in [9.17, 15) is 14.4 Å². The van der Waals surface area contributed by atoms with Gasteiger partial charge in [-0.2, -0.15) is 0 Å². The van der Waals surface area contributed by atoms with Crippen molar-refractivity contribution in [1.82, 2.24) is 4.73 Å². The van der Waals surface area contributed by atoms with Crippen LogP contribution in [0.2, 0.25) is 0 Å². The van der Waals surface area contributed by atoms with Crippen LogP contribution >= 0.6 is 0 Å². The monoisotopic (exact) mass is 316 g/mol. The summed E-state index contributed by atoms with van der Waals surface area (Å²) < 4.78 is 5.76. The maximum absolute atomic E-state index is 12.2. The molecule has 0 atom stereocenters. The third-order valence-corrected chi connectivity index (χ3v) is 3.00. The largest absolute Gasteiger partial charge is 0.457 e. The second-order valence-electron chi connectivity index (χ2n) is 4.66. The lowest BCUT2D eigenvalue weighted by atomic mass is 10.2. The van der Waals surface area contributed by atoms with Gasteiger partial charge >= 0.3 is 11.9 Å². The van der Waals surface area contributed by atoms with E-state index in [0.29, 0.717) is 4.73 Å². The fourth-order valence-electron chi connectivity index (χ4n) is 1.78. The van der Waals surface area contributed by atoms with Crippen LogP contribution < -0.4 is 16.1 Å². The van der Waals surface area contributed by atoms with Gasteiger partial charge in [0.15, 0.2) is 5.56 Å². The molecular weight excluding hydrogens is 300 g/mol. The maximum Gasteiger partial charge on any atom is 0.346 e. The zero-order valence-corrected chi connectivity index (χ0v) is 12.5. The highest BCUT2D eigenvalue weighted by molar-refractivity contribution is 5.94. The second kappa shape index (κ2) is 7.26. The molecule has 0 aliphatic heterocycles. The van der Waals surface area contributed by atoms with E-state index >= 15 is 0 Å². The van der Waals surface area contributed by atoms with Crippen LogP contribution in [-0.4, -0.2) is 16.7 Å². The van der Waals surface area contributed by atoms with Crippen molar-refractivity contribution in [1.29, 1.82) is 0 Å². The number of ether oxygens (including phenoxy) is 1. The van der Waals surface area contributed by atoms with E-state index in [1.807, 2.05) is 6.07 Å². The van der Waals surface area contributed by atoms with Crippen molar-refractivity contribution in [2.75, 3.05) is 5.73 Å². The van der Waals surface area contributed by atoms with E-state index in [1.54, 1.807) is 31.2 Å². The number of rotatable bonds is 5. The van der Waals surface area contributed by atoms with Gasteiger partial charge in [0.25, 0.3) is 5.56 Å². The summed E-state index contributed by atoms with van der Waals surface area (Å²) in [6.45, 7) is 1.59. The van der Waals surface area contributed by atoms with Gasteiger partial charge in [0.2, 0.25) is 0 Å². The average molecular weight is 316 g/mol. The summed E-state index contributed by atoms with van der Waals surface area (Å²) in [5.74, 6) is -1.49. The number of aromatic nitrogens is 1. The predicted octanol–water partition coefficient (Wildman–Crippen LogP) is 1.15. The molecule has 0 spiro atoms. The van der Waals surface area contributed by atoms with E-state index < -0.39 is 17.5 Å². The Morgan fingerprint density at radius 3 is 2.52 bits per heavy atom. The van der Waals surface area contributed by atoms with Gasteiger partial charge in [0.05, 0.1) is 11.9 Å². The Balaban J connectivity index is 2.20. The smallest absolute Gasteiger partial charge is 0.346 e. The zero-order chi connectivity index (χ0) is 16.8. The van der Waals surface area contributed by atoms with E-state index in [0.717, 1.165) is 5.56 Å². The number of hydrogen-bond donors (Lipinski definition) is 1. The van der Waals surface area contributed by atoms with Crippen LogP contribution in [0.4, 0.5) is 5.69 Å². The first kappa shape index (κ1) is 16.3. The summed E-state index contributed by atoms with van der Waals surface area (Å²) in [5.41, 5.74) is 5.18. The lowest BCUT2D eigenvalue weighted by Crippen LogP contribution is -2.34. The summed E-state index contributed by atoms with van der Waals surface area (Å²) in [5, 5.41) is 0. The van der Waals surface area contributed by atoms with Crippen LogP contribution in [0.5, 0.6) is 0 Å². The first-order valence-corrected chi connectivity index (χ1v) is 6.96. The Labute approximate surface area is 132 Å². The number of nitrogens with two attached hydrogens (primary N) is 1. The number of carbonyl (C=O) groups is 2. The Morgan fingerprint density at radius 1 is 1.17 bits per heavy atom. The lowest BCUT2D eigenvalue weighted by Gasteiger charge is -2.10. The maximum atomic E-state index is 12.2. The Morgan fingerprint density at radius 2 is 1.87 bits per heavy atom. The van der Waals surface area contributed by atoms with Crippen molar-refractivity contribution in [2.24, 2.45) is 0 Å². The van der Waals surface area contributed by atoms with Crippen LogP contribution in [0.15, 0.2) is 47.4 Å². The van der Waals surface area contributed by atoms with Gasteiger partial charge in [0, 0.05) is 6.42 Å². The average Bonchev–Trinajstić information content (AvgIpc) is 2.56. The normalized spacial score (nSPS) is 10.1. The van der Waals surface area contributed by atoms with Crippen LogP contribution in [0.1, 0.15) is 29.3 Å². The molecule has 7 heteroatoms. The molecule has 0 aliphatic rings. The highest BCUT2D eigenvalue weighted by Gasteiger charge is 2.19. The molecule has 1 aromatic heterocycles. The van der Waals surface area contributed by atoms with E-state index in [2.05, 4.69) is 0 Å². The molecule has 2 aromatic rings. The highest BCUT2D eigenvalue weighted by atomic mass is 16.7. The highest BCUT2D eigenvalue weighted by Crippen LogP contribution is 2.09. The fourth-order valence-corrected chi connectivity index (χ4v) is 1.78. The Bertz CT molecular complexity index is 768. The van der Waals surface area contributed by atoms with Gasteiger partial charge in [-0.05, 0) is 11.6 Å². The summed E-state index contributed by atoms with van der Waals surface area (Å²) in [4.78, 5) is 40.4. The van der Waals surface area contributed by atoms with E-state index in [1.165, 1.54) is 12.3 Å². The van der Waals surface area contributed by atoms with Crippen molar-refractivity contribution in [3.8, 4) is 0 Å². The standard InChI is InChI=1S/C16H16N2O5/c1-2-13(19)23-18-9-8-12(17)14(15(18)20)16(21)22-10-11-6-4-3-5-7-11/h3-9H,2,10,17H2,1H3. The summed E-state index contributed by atoms with van der Waals surface area (Å²) in [6.07, 6.45) is 1.27. The number of carbonyl (C=O) groups excluding carboxylic acids is 2. The molecule has 0 aliphatic carbocycles. The first-order valence-electron chi connectivity index (χ1n) is 6.96. The van der Waals surface area contributed by atoms with Gasteiger partial charge in [-0.15, -0.1) is 4.73 Å². The fraction of sp³-hybridized carbons (Fsp3) is 0.188. The third kappa shape index (κ3) is 3.97. The first-order chi connectivity index (χ1) is 11.0. The van der Waals surface area contributed by atoms with E-state index in [-0.39, 0.29) is 24.3 Å². The molecule has 1 aromatic carbocycles. The quantitative estimate of drug-likeness (QED) is 0.831. The SMILES string of the molecule is CCC(=O)On1ccc(N)c(C(=O)OCc2ccccc2)c1=O. The molecule has 2 N–H and O–H groups in total. The molecule has 1 heterocycles. The number of hydrogen-bond acceptors (Lipinski definition) is 6. The number of anilines is 1. The summed E-state index contributed by atoms with van der Waals surface area (Å²) in [6, 6.07) is 10.3. The third-order valence-electron chi connectivity index (χ3n) is 3.00. The van der Waals surface area contributed by atoms with Gasteiger partial charge in [-0.3, -0.25) is 4.79 Å². The molecule has 0 radical (unpaired) electrons. The Kier molecular flexibility index (Phi) is 5.14. The van der Waals surface area contributed by atoms with Crippen LogP contribution in [0.3, 0.4) is 0 Å². The molecule has 0 saturated heterocycles. The minimum Gasteiger partial charge on any atom is -0.457 e. The Hall–Kier alpha value is -3.09. The summed E-state index contributed by atoms with van der Waals surface area (Å²) in [7, 11) is 0. The van der Waals surface area contributed by atoms with Crippen LogP contribution in [-0.2, 0) is 16.1 Å². The van der Waals surface area contributed by atoms with Crippen molar-refractivity contribution in [2.45, 2.75) is 20.0 Å². The zero-order valence-electron chi connectivity index (χ0n) is 12.5. The van der Waals surface area contributed by atoms with Crippen molar-refractivity contribution in [3.63, 3.8) is 0 Å². The topological polar surface area (TPSA) is 101 Å². The molecule has 0 bridgehead atoms. The van der Waals surface area contributed by atoms with Crippen LogP contribution in [0, 0.1) is 0 Å². The van der Waals surface area contributed by atoms with Crippen molar-refractivity contribution < 1.29 is 19.2 Å². The number of esters is 1. The number of nitrogens with zero attached hydrogens (tertiary/aromatic N) is 1. The van der Waals surface area contributed by atoms with Crippen LogP contribution in [0.25, 0.3) is 0 Å². The molecule has 0 fully saturated rings. The molecule has 2 rings (SSSR count). The molecule has 0 amide bonds. The minimum atomic E-state index is -0.877. The van der Waals surface area contributed by atoms with Gasteiger partial charge in [0.1, 0.15) is 6.61 Å². The van der Waals surface area contributed by atoms with Crippen molar-refractivity contribution in [3.05, 3.63) is 64.1 Å². The van der Waals surface area contributed by atoms with Gasteiger partial charge in [-0.1, -0.05) is 37.3 Å². The molecule has 0 unspecified atom stereocenters. The molecule has 7 nitrogen and oxygen atoms in total. The van der Waals surface area contributed by atoms with E-state index in [4.69, 9.17) is 15.3 Å². The number of nitrogen functional groups attached to an aromatic ring is 1. The molecule has 0 saturated carbocycles. The predicted molar refractivity (Wildman–Crippen MR) is 82.6 cm³/mol. The van der Waals surface area contributed by atoms with Gasteiger partial charge < -0.3 is 15.3 Å². The lowest BCUT2D eigenvalue weighted by molar-refractivity contribution is -0.144. The molecule has 120 valence electrons. The molecule has 23 heavy (non-hydrogen) atoms. The number of pyridine rings is 1.